The van der Waals surface area contributed by atoms with Gasteiger partial charge in [-0.15, -0.1) is 0 Å². The third-order valence-corrected chi connectivity index (χ3v) is 26.2. The van der Waals surface area contributed by atoms with Crippen LogP contribution in [0.15, 0.2) is 151 Å². The number of halogens is 3. The van der Waals surface area contributed by atoms with Crippen LogP contribution in [0.2, 0.25) is 0 Å². The lowest BCUT2D eigenvalue weighted by Crippen LogP contribution is -2.43. The van der Waals surface area contributed by atoms with Crippen molar-refractivity contribution < 1.29 is 62.2 Å². The molecule has 6 aliphatic heterocycles. The Kier molecular flexibility index (Phi) is 20.9. The first-order valence-electron chi connectivity index (χ1n) is 31.3. The molecule has 4 aromatic carbocycles. The number of nitrogens with zero attached hydrogens (tertiary/aromatic N) is 9. The number of carbonyl (C=O) groups excluding carboxylic acids is 2. The minimum Gasteiger partial charge on any atom is -0.494 e. The van der Waals surface area contributed by atoms with Gasteiger partial charge < -0.3 is 34.1 Å². The van der Waals surface area contributed by atoms with Gasteiger partial charge in [0, 0.05) is 158 Å². The summed E-state index contributed by atoms with van der Waals surface area (Å²) >= 11 is 6.69. The third kappa shape index (κ3) is 15.1. The molecule has 1 N–H and O–H groups in total. The zero-order valence-electron chi connectivity index (χ0n) is 54.5. The van der Waals surface area contributed by atoms with E-state index in [0.29, 0.717) is 97.5 Å². The Morgan fingerprint density at radius 2 is 0.825 bits per heavy atom. The number of benzene rings is 4. The molecule has 0 spiro atoms. The third-order valence-electron chi connectivity index (χ3n) is 18.0. The smallest absolute Gasteiger partial charge is 0.410 e. The van der Waals surface area contributed by atoms with E-state index in [2.05, 4.69) is 57.1 Å². The summed E-state index contributed by atoms with van der Waals surface area (Å²) in [6.07, 6.45) is 14.6. The van der Waals surface area contributed by atoms with E-state index in [1.54, 1.807) is 99.8 Å². The number of pyridine rings is 4. The van der Waals surface area contributed by atoms with Crippen LogP contribution in [-0.4, -0.2) is 191 Å². The van der Waals surface area contributed by atoms with Crippen molar-refractivity contribution in [3.63, 3.8) is 0 Å². The van der Waals surface area contributed by atoms with Crippen LogP contribution in [0.4, 0.5) is 9.59 Å². The Labute approximate surface area is 586 Å². The summed E-state index contributed by atoms with van der Waals surface area (Å²) in [7, 11) is -6.42. The van der Waals surface area contributed by atoms with Crippen LogP contribution in [0, 0.1) is 17.8 Å². The van der Waals surface area contributed by atoms with Crippen LogP contribution < -0.4 is 14.8 Å². The molecule has 4 aromatic heterocycles. The highest BCUT2D eigenvalue weighted by molar-refractivity contribution is 9.11. The van der Waals surface area contributed by atoms with Gasteiger partial charge in [-0.3, -0.25) is 19.9 Å². The average molecular weight is 1560 g/mol. The van der Waals surface area contributed by atoms with Gasteiger partial charge in [0.2, 0.25) is 30.1 Å². The van der Waals surface area contributed by atoms with Gasteiger partial charge in [-0.05, 0) is 141 Å². The molecular formula is C66H75Br2ClN10O14S4. The highest BCUT2D eigenvalue weighted by Gasteiger charge is 2.50. The number of methoxy groups -OCH3 is 2. The van der Waals surface area contributed by atoms with E-state index >= 15 is 0 Å². The fourth-order valence-corrected chi connectivity index (χ4v) is 21.3. The molecule has 8 aromatic rings. The molecule has 97 heavy (non-hydrogen) atoms. The number of carbonyl (C=O) groups is 2. The van der Waals surface area contributed by atoms with E-state index in [9.17, 15) is 43.3 Å². The molecule has 0 radical (unpaired) electrons. The number of rotatable bonds is 9. The monoisotopic (exact) mass is 1550 g/mol. The van der Waals surface area contributed by atoms with Crippen LogP contribution in [0.5, 0.6) is 11.5 Å². The molecule has 0 unspecified atom stereocenters. The minimum atomic E-state index is -3.78. The summed E-state index contributed by atoms with van der Waals surface area (Å²) in [6, 6.07) is 20.4. The Morgan fingerprint density at radius 3 is 1.21 bits per heavy atom. The van der Waals surface area contributed by atoms with Crippen LogP contribution in [-0.2, 0) is 48.6 Å². The number of fused-ring (bicyclic) bond motifs is 7. The zero-order chi connectivity index (χ0) is 69.7. The highest BCUT2D eigenvalue weighted by Crippen LogP contribution is 2.42. The second-order valence-corrected chi connectivity index (χ2v) is 36.4. The number of aromatic nitrogens is 4. The number of ether oxygens (including phenoxy) is 4. The van der Waals surface area contributed by atoms with Crippen molar-refractivity contribution in [1.29, 1.82) is 0 Å². The van der Waals surface area contributed by atoms with E-state index in [4.69, 9.17) is 29.6 Å². The summed E-state index contributed by atoms with van der Waals surface area (Å²) in [5.74, 6) is 1.55. The molecule has 0 bridgehead atoms. The zero-order valence-corrected chi connectivity index (χ0v) is 61.7. The van der Waals surface area contributed by atoms with Crippen molar-refractivity contribution in [3.05, 3.63) is 131 Å². The standard InChI is InChI=1S/C21H27N3O5S.C20H24BrN3O4S.C16H19N3O3S.C9H5BrClNO2S/c1-21(2,3)29-20(25)24-9-8-15-12-23(13-16(15)24)30(26,27)18-7-5-6-14-10-22-11-17(28-4)19(14)18;1-20(2,3)28-19(25)24-8-7-14-11-23(12-16(14)24)29(26,27)17-6-4-5-13-9-22-10-15(21)18(13)17;1-22-14-8-17-7-11-3-2-4-15(16(11)14)23(20,21)19-9-12-5-6-18-13(12)10-19;10-7-5-12-4-6-2-1-3-8(9(6)7)15(11,13)14/h5-7,10-11,15-16H,8-9,12-13H2,1-4H3;4-6,9-10,14,16H,7-8,11-12H2,1-3H3;2-4,7-8,12-13,18H,5-6,9-10H2,1H3;1-5H/t15-,16+;14-,16+;12-,13+;/m000./s1. The first-order chi connectivity index (χ1) is 45.8. The van der Waals surface area contributed by atoms with E-state index in [1.165, 1.54) is 41.3 Å². The van der Waals surface area contributed by atoms with E-state index < -0.39 is 50.3 Å². The van der Waals surface area contributed by atoms with Gasteiger partial charge in [0.1, 0.15) is 22.7 Å². The van der Waals surface area contributed by atoms with Gasteiger partial charge in [-0.1, -0.05) is 48.5 Å². The molecule has 6 saturated heterocycles. The van der Waals surface area contributed by atoms with Crippen molar-refractivity contribution in [2.75, 3.05) is 73.1 Å². The molecular weight excluding hydrogens is 1480 g/mol. The number of hydrogen-bond acceptors (Lipinski definition) is 19. The number of nitrogens with one attached hydrogen (secondary N) is 1. The van der Waals surface area contributed by atoms with Crippen molar-refractivity contribution in [1.82, 2.24) is 48.0 Å². The average Bonchev–Trinajstić information content (AvgIpc) is 1.73. The quantitative estimate of drug-likeness (QED) is 0.131. The molecule has 10 heterocycles. The maximum Gasteiger partial charge on any atom is 0.410 e. The lowest BCUT2D eigenvalue weighted by molar-refractivity contribution is 0.0212. The topological polar surface area (TPSA) is 287 Å². The van der Waals surface area contributed by atoms with E-state index in [0.717, 1.165) is 42.0 Å². The van der Waals surface area contributed by atoms with Gasteiger partial charge in [-0.2, -0.15) is 12.9 Å². The predicted octanol–water partition coefficient (Wildman–Crippen LogP) is 10.7. The Hall–Kier alpha value is -6.45. The molecule has 31 heteroatoms. The van der Waals surface area contributed by atoms with Crippen LogP contribution in [0.1, 0.15) is 60.8 Å². The van der Waals surface area contributed by atoms with Gasteiger partial charge in [-0.25, -0.2) is 43.3 Å². The molecule has 0 saturated carbocycles. The maximum absolute atomic E-state index is 13.6. The highest BCUT2D eigenvalue weighted by atomic mass is 79.9. The molecule has 0 aliphatic carbocycles. The largest absolute Gasteiger partial charge is 0.494 e. The number of likely N-dealkylation sites (tertiary alicyclic amines) is 2. The predicted molar refractivity (Wildman–Crippen MR) is 374 cm³/mol. The Balaban J connectivity index is 0.000000135. The summed E-state index contributed by atoms with van der Waals surface area (Å²) in [5.41, 5.74) is -1.17. The Bertz CT molecular complexity index is 4790. The molecule has 14 rings (SSSR count). The fraction of sp³-hybridized carbons (Fsp3) is 0.424. The SMILES string of the molecule is CC(C)(C)OC(=O)N1CC[C@H]2CN(S(=O)(=O)c3cccc4cncc(Br)c34)C[C@H]21.COc1cncc2cccc(S(=O)(=O)N3C[C@@H]4CCN(C(=O)OC(C)(C)C)[C@@H]4C3)c12.COc1cncc2cccc(S(=O)(=O)N3C[C@@H]4CCN[C@@H]4C3)c12.O=S(=O)(Cl)c1cccc2cncc(Br)c12. The van der Waals surface area contributed by atoms with Crippen LogP contribution in [0.3, 0.4) is 0 Å². The van der Waals surface area contributed by atoms with Crippen LogP contribution >= 0.6 is 42.5 Å². The maximum atomic E-state index is 13.6. The van der Waals surface area contributed by atoms with Crippen molar-refractivity contribution in [3.8, 4) is 11.5 Å². The Morgan fingerprint density at radius 1 is 0.474 bits per heavy atom. The molecule has 6 atom stereocenters. The number of hydrogen-bond donors (Lipinski definition) is 1. The van der Waals surface area contributed by atoms with Crippen molar-refractivity contribution in [2.24, 2.45) is 17.8 Å². The number of sulfonamides is 3. The van der Waals surface area contributed by atoms with Crippen molar-refractivity contribution >= 4 is 137 Å². The van der Waals surface area contributed by atoms with Gasteiger partial charge in [0.15, 0.2) is 0 Å². The van der Waals surface area contributed by atoms with Crippen LogP contribution in [0.25, 0.3) is 43.1 Å². The number of amides is 2. The van der Waals surface area contributed by atoms with Gasteiger partial charge in [0.25, 0.3) is 9.05 Å². The first-order valence-corrected chi connectivity index (χ1v) is 39.6. The van der Waals surface area contributed by atoms with Crippen molar-refractivity contribution in [2.45, 2.75) is 110 Å². The molecule has 24 nitrogen and oxygen atoms in total. The summed E-state index contributed by atoms with van der Waals surface area (Å²) in [5, 5.41) is 8.66. The molecule has 518 valence electrons. The second-order valence-electron chi connectivity index (χ2n) is 26.4. The first kappa shape index (κ1) is 71.8. The lowest BCUT2D eigenvalue weighted by Gasteiger charge is -2.28. The second kappa shape index (κ2) is 28.3. The summed E-state index contributed by atoms with van der Waals surface area (Å²) < 4.78 is 131. The van der Waals surface area contributed by atoms with E-state index in [-0.39, 0.29) is 69.9 Å². The molecule has 6 fully saturated rings. The normalized spacial score (nSPS) is 21.5. The molecule has 2 amide bonds. The van der Waals surface area contributed by atoms with Gasteiger partial charge in [0.05, 0.1) is 58.3 Å². The lowest BCUT2D eigenvalue weighted by atomic mass is 10.1. The minimum absolute atomic E-state index is 0.0935. The summed E-state index contributed by atoms with van der Waals surface area (Å²) in [6.45, 7) is 15.6. The van der Waals surface area contributed by atoms with E-state index in [1.807, 2.05) is 59.7 Å². The van der Waals surface area contributed by atoms with Gasteiger partial charge >= 0.3 is 12.2 Å². The fourth-order valence-electron chi connectivity index (χ4n) is 13.6. The summed E-state index contributed by atoms with van der Waals surface area (Å²) in [4.78, 5) is 45.7. The molecule has 6 aliphatic rings.